The monoisotopic (exact) mass is 293 g/mol. The Bertz CT molecular complexity index is 411. The lowest BCUT2D eigenvalue weighted by Crippen LogP contribution is -2.48. The van der Waals surface area contributed by atoms with Gasteiger partial charge in [0.1, 0.15) is 0 Å². The highest BCUT2D eigenvalue weighted by atomic mass is 16.5. The fraction of sp³-hybridized carbons (Fsp3) is 0.625. The molecule has 0 saturated carbocycles. The van der Waals surface area contributed by atoms with E-state index in [4.69, 9.17) is 10.5 Å². The summed E-state index contributed by atoms with van der Waals surface area (Å²) in [6.07, 6.45) is 3.22. The van der Waals surface area contributed by atoms with E-state index in [1.165, 1.54) is 0 Å². The maximum Gasteiger partial charge on any atom is 0.230 e. The van der Waals surface area contributed by atoms with Gasteiger partial charge in [0.05, 0.1) is 24.3 Å². The number of rotatable bonds is 9. The molecular weight excluding hydrogens is 266 g/mol. The first-order valence-corrected chi connectivity index (χ1v) is 7.51. The molecule has 0 aliphatic carbocycles. The van der Waals surface area contributed by atoms with Crippen molar-refractivity contribution in [3.63, 3.8) is 0 Å². The van der Waals surface area contributed by atoms with Gasteiger partial charge in [-0.1, -0.05) is 19.9 Å². The van der Waals surface area contributed by atoms with Crippen molar-refractivity contribution in [2.24, 2.45) is 11.1 Å². The number of carbonyl (C=O) groups excluding carboxylic acids is 1. The zero-order chi connectivity index (χ0) is 15.7. The Hall–Kier alpha value is -1.46. The molecule has 1 aromatic heterocycles. The van der Waals surface area contributed by atoms with E-state index >= 15 is 0 Å². The maximum absolute atomic E-state index is 12.9. The van der Waals surface area contributed by atoms with Gasteiger partial charge in [-0.3, -0.25) is 9.78 Å². The summed E-state index contributed by atoms with van der Waals surface area (Å²) in [6, 6.07) is 5.72. The van der Waals surface area contributed by atoms with Gasteiger partial charge in [0.2, 0.25) is 5.91 Å². The summed E-state index contributed by atoms with van der Waals surface area (Å²) in [4.78, 5) is 19.0. The molecule has 0 aliphatic rings. The first-order chi connectivity index (χ1) is 10.1. The largest absolute Gasteiger partial charge is 0.383 e. The van der Waals surface area contributed by atoms with Gasteiger partial charge in [0.15, 0.2) is 0 Å². The summed E-state index contributed by atoms with van der Waals surface area (Å²) < 4.78 is 5.13. The van der Waals surface area contributed by atoms with Crippen molar-refractivity contribution in [1.82, 2.24) is 9.88 Å². The fourth-order valence-corrected chi connectivity index (χ4v) is 2.40. The molecule has 0 unspecified atom stereocenters. The number of nitrogens with zero attached hydrogens (tertiary/aromatic N) is 2. The van der Waals surface area contributed by atoms with E-state index in [-0.39, 0.29) is 5.91 Å². The van der Waals surface area contributed by atoms with Gasteiger partial charge in [-0.05, 0) is 25.0 Å². The molecule has 0 radical (unpaired) electrons. The summed E-state index contributed by atoms with van der Waals surface area (Å²) in [5.74, 6) is 0.0951. The molecule has 0 bridgehead atoms. The Labute approximate surface area is 127 Å². The molecule has 0 saturated heterocycles. The Kier molecular flexibility index (Phi) is 7.32. The smallest absolute Gasteiger partial charge is 0.230 e. The zero-order valence-corrected chi connectivity index (χ0v) is 13.3. The number of aromatic nitrogens is 1. The number of ether oxygens (including phenoxy) is 1. The number of methoxy groups -OCH3 is 1. The summed E-state index contributed by atoms with van der Waals surface area (Å²) in [5.41, 5.74) is 6.29. The van der Waals surface area contributed by atoms with E-state index in [1.54, 1.807) is 13.3 Å². The minimum Gasteiger partial charge on any atom is -0.383 e. The minimum absolute atomic E-state index is 0.0951. The quantitative estimate of drug-likeness (QED) is 0.754. The van der Waals surface area contributed by atoms with Crippen LogP contribution in [0.3, 0.4) is 0 Å². The van der Waals surface area contributed by atoms with Gasteiger partial charge >= 0.3 is 0 Å². The van der Waals surface area contributed by atoms with Crippen LogP contribution < -0.4 is 5.73 Å². The van der Waals surface area contributed by atoms with Crippen LogP contribution >= 0.6 is 0 Å². The van der Waals surface area contributed by atoms with Gasteiger partial charge in [-0.2, -0.15) is 0 Å². The molecule has 1 amide bonds. The number of carbonyl (C=O) groups is 1. The van der Waals surface area contributed by atoms with Gasteiger partial charge in [-0.15, -0.1) is 0 Å². The third kappa shape index (κ3) is 4.51. The molecular formula is C16H27N3O2. The van der Waals surface area contributed by atoms with Crippen LogP contribution in [0, 0.1) is 5.41 Å². The molecule has 118 valence electrons. The molecule has 0 atom stereocenters. The molecule has 21 heavy (non-hydrogen) atoms. The van der Waals surface area contributed by atoms with E-state index in [9.17, 15) is 4.79 Å². The third-order valence-corrected chi connectivity index (χ3v) is 4.13. The van der Waals surface area contributed by atoms with Crippen molar-refractivity contribution in [3.8, 4) is 0 Å². The lowest BCUT2D eigenvalue weighted by molar-refractivity contribution is -0.143. The van der Waals surface area contributed by atoms with Crippen molar-refractivity contribution in [2.75, 3.05) is 26.8 Å². The lowest BCUT2D eigenvalue weighted by Gasteiger charge is -2.35. The van der Waals surface area contributed by atoms with Crippen molar-refractivity contribution in [1.29, 1.82) is 0 Å². The van der Waals surface area contributed by atoms with Gasteiger partial charge in [-0.25, -0.2) is 0 Å². The third-order valence-electron chi connectivity index (χ3n) is 4.13. The highest BCUT2D eigenvalue weighted by molar-refractivity contribution is 5.83. The standard InChI is InChI=1S/C16H27N3O2/c1-4-16(5-2,13-17)15(20)19(10-11-21-3)12-14-8-6-7-9-18-14/h6-9H,4-5,10-13,17H2,1-3H3. The summed E-state index contributed by atoms with van der Waals surface area (Å²) in [7, 11) is 1.64. The van der Waals surface area contributed by atoms with E-state index in [0.717, 1.165) is 18.5 Å². The van der Waals surface area contributed by atoms with E-state index < -0.39 is 5.41 Å². The predicted molar refractivity (Wildman–Crippen MR) is 83.6 cm³/mol. The van der Waals surface area contributed by atoms with Crippen molar-refractivity contribution >= 4 is 5.91 Å². The maximum atomic E-state index is 12.9. The lowest BCUT2D eigenvalue weighted by atomic mass is 9.81. The van der Waals surface area contributed by atoms with Crippen molar-refractivity contribution in [2.45, 2.75) is 33.2 Å². The Morgan fingerprint density at radius 3 is 2.57 bits per heavy atom. The minimum atomic E-state index is -0.484. The van der Waals surface area contributed by atoms with Crippen LogP contribution in [-0.2, 0) is 16.1 Å². The van der Waals surface area contributed by atoms with Crippen molar-refractivity contribution in [3.05, 3.63) is 30.1 Å². The predicted octanol–water partition coefficient (Wildman–Crippen LogP) is 1.82. The molecule has 2 N–H and O–H groups in total. The van der Waals surface area contributed by atoms with Gasteiger partial charge in [0, 0.05) is 26.4 Å². The second-order valence-electron chi connectivity index (χ2n) is 5.23. The summed E-state index contributed by atoms with van der Waals surface area (Å²) in [6.45, 7) is 5.95. The highest BCUT2D eigenvalue weighted by Crippen LogP contribution is 2.28. The fourth-order valence-electron chi connectivity index (χ4n) is 2.40. The first kappa shape index (κ1) is 17.6. The Morgan fingerprint density at radius 2 is 2.10 bits per heavy atom. The van der Waals surface area contributed by atoms with Crippen LogP contribution in [-0.4, -0.2) is 42.6 Å². The van der Waals surface area contributed by atoms with E-state index in [2.05, 4.69) is 4.98 Å². The second-order valence-corrected chi connectivity index (χ2v) is 5.23. The van der Waals surface area contributed by atoms with Crippen LogP contribution in [0.1, 0.15) is 32.4 Å². The van der Waals surface area contributed by atoms with Gasteiger partial charge in [0.25, 0.3) is 0 Å². The van der Waals surface area contributed by atoms with Crippen LogP contribution in [0.5, 0.6) is 0 Å². The van der Waals surface area contributed by atoms with Gasteiger partial charge < -0.3 is 15.4 Å². The normalized spacial score (nSPS) is 11.4. The summed E-state index contributed by atoms with van der Waals surface area (Å²) in [5, 5.41) is 0. The molecule has 1 heterocycles. The molecule has 1 aromatic rings. The second kappa shape index (κ2) is 8.74. The molecule has 0 fully saturated rings. The zero-order valence-electron chi connectivity index (χ0n) is 13.3. The van der Waals surface area contributed by atoms with Crippen LogP contribution in [0.25, 0.3) is 0 Å². The van der Waals surface area contributed by atoms with E-state index in [1.807, 2.05) is 36.9 Å². The molecule has 5 heteroatoms. The average molecular weight is 293 g/mol. The number of nitrogens with two attached hydrogens (primary N) is 1. The molecule has 0 aliphatic heterocycles. The number of amides is 1. The molecule has 1 rings (SSSR count). The van der Waals surface area contributed by atoms with E-state index in [0.29, 0.717) is 26.2 Å². The Balaban J connectivity index is 2.92. The van der Waals surface area contributed by atoms with Crippen LogP contribution in [0.2, 0.25) is 0 Å². The van der Waals surface area contributed by atoms with Crippen molar-refractivity contribution < 1.29 is 9.53 Å². The molecule has 0 spiro atoms. The SMILES string of the molecule is CCC(CC)(CN)C(=O)N(CCOC)Cc1ccccn1. The number of pyridine rings is 1. The number of hydrogen-bond donors (Lipinski definition) is 1. The van der Waals surface area contributed by atoms with Crippen LogP contribution in [0.15, 0.2) is 24.4 Å². The Morgan fingerprint density at radius 1 is 1.38 bits per heavy atom. The van der Waals surface area contributed by atoms with Crippen LogP contribution in [0.4, 0.5) is 0 Å². The summed E-state index contributed by atoms with van der Waals surface area (Å²) >= 11 is 0. The molecule has 5 nitrogen and oxygen atoms in total. The topological polar surface area (TPSA) is 68.5 Å². The first-order valence-electron chi connectivity index (χ1n) is 7.51. The average Bonchev–Trinajstić information content (AvgIpc) is 2.54. The highest BCUT2D eigenvalue weighted by Gasteiger charge is 2.36. The molecule has 0 aromatic carbocycles. The number of hydrogen-bond acceptors (Lipinski definition) is 4.